The predicted octanol–water partition coefficient (Wildman–Crippen LogP) is 4.42. The molecule has 0 radical (unpaired) electrons. The van der Waals surface area contributed by atoms with Crippen LogP contribution in [-0.4, -0.2) is 60.6 Å². The first-order valence-corrected chi connectivity index (χ1v) is 14.0. The topological polar surface area (TPSA) is 77.6 Å². The highest BCUT2D eigenvalue weighted by molar-refractivity contribution is 6.06. The van der Waals surface area contributed by atoms with Gasteiger partial charge < -0.3 is 15.5 Å². The Labute approximate surface area is 235 Å². The first kappa shape index (κ1) is 26.0. The summed E-state index contributed by atoms with van der Waals surface area (Å²) in [5.41, 5.74) is 4.88. The van der Waals surface area contributed by atoms with Crippen molar-refractivity contribution >= 4 is 29.0 Å². The van der Waals surface area contributed by atoms with E-state index in [2.05, 4.69) is 26.6 Å². The Bertz CT molecular complexity index is 1550. The first-order chi connectivity index (χ1) is 19.6. The molecule has 1 unspecified atom stereocenters. The van der Waals surface area contributed by atoms with Gasteiger partial charge in [-0.3, -0.25) is 14.5 Å². The lowest BCUT2D eigenvalue weighted by Gasteiger charge is -2.40. The molecule has 2 N–H and O–H groups in total. The summed E-state index contributed by atoms with van der Waals surface area (Å²) in [6.45, 7) is 0.626. The van der Waals surface area contributed by atoms with Crippen LogP contribution in [0.1, 0.15) is 35.1 Å². The number of anilines is 3. The van der Waals surface area contributed by atoms with E-state index in [1.165, 1.54) is 4.90 Å². The zero-order valence-electron chi connectivity index (χ0n) is 22.4. The van der Waals surface area contributed by atoms with Crippen LogP contribution in [0.5, 0.6) is 0 Å². The molecule has 1 fully saturated rings. The highest BCUT2D eigenvalue weighted by Gasteiger charge is 2.51. The number of hydrogen-bond donors (Lipinski definition) is 2. The van der Waals surface area contributed by atoms with Gasteiger partial charge in [0.1, 0.15) is 5.82 Å². The number of nitrogens with zero attached hydrogens (tertiary/aromatic N) is 3. The van der Waals surface area contributed by atoms with Gasteiger partial charge in [0.25, 0.3) is 0 Å². The third-order valence-electron chi connectivity index (χ3n) is 9.32. The molecule has 1 atom stereocenters. The van der Waals surface area contributed by atoms with Gasteiger partial charge in [-0.25, -0.2) is 4.98 Å². The number of carbonyl (C=O) groups excluding carboxylic acids is 2. The van der Waals surface area contributed by atoms with Crippen LogP contribution in [0.4, 0.5) is 30.4 Å². The van der Waals surface area contributed by atoms with Gasteiger partial charge in [-0.05, 0) is 79.7 Å². The summed E-state index contributed by atoms with van der Waals surface area (Å²) in [6.07, 6.45) is -0.150. The van der Waals surface area contributed by atoms with Crippen molar-refractivity contribution in [3.05, 3.63) is 83.0 Å². The van der Waals surface area contributed by atoms with E-state index in [0.717, 1.165) is 27.9 Å². The summed E-state index contributed by atoms with van der Waals surface area (Å²) >= 11 is 0. The molecule has 2 aromatic carbocycles. The number of likely N-dealkylation sites (tertiary alicyclic amines) is 1. The fourth-order valence-corrected chi connectivity index (χ4v) is 7.41. The molecule has 2 amide bonds. The number of alkyl halides is 3. The van der Waals surface area contributed by atoms with E-state index >= 15 is 0 Å². The Morgan fingerprint density at radius 3 is 2.56 bits per heavy atom. The Balaban J connectivity index is 1.04. The lowest BCUT2D eigenvalue weighted by Crippen LogP contribution is -2.48. The Morgan fingerprint density at radius 2 is 1.76 bits per heavy atom. The second-order valence-electron chi connectivity index (χ2n) is 11.9. The lowest BCUT2D eigenvalue weighted by atomic mass is 9.74. The number of halogens is 3. The van der Waals surface area contributed by atoms with Crippen molar-refractivity contribution < 1.29 is 22.8 Å². The molecular formula is C31H30F3N5O2. The standard InChI is InChI=1S/C31H30F3N5O2/c32-31(33,34)19-38-12-9-29(10-13-38)18-39(25-6-2-1-4-23(25)29)17-26(40)36-22-8-7-20-15-30(16-21(20)14-22)24-5-3-11-35-27(24)37-28(30)41/h1-8,11,14H,9-10,12-13,15-19H2,(H,36,40)(H,35,37,41). The van der Waals surface area contributed by atoms with Crippen molar-refractivity contribution in [1.82, 2.24) is 9.88 Å². The number of hydrogen-bond acceptors (Lipinski definition) is 5. The number of piperidine rings is 1. The summed E-state index contributed by atoms with van der Waals surface area (Å²) in [7, 11) is 0. The van der Waals surface area contributed by atoms with E-state index in [-0.39, 0.29) is 23.8 Å². The molecule has 1 saturated heterocycles. The van der Waals surface area contributed by atoms with Crippen LogP contribution in [0.2, 0.25) is 0 Å². The van der Waals surface area contributed by atoms with Gasteiger partial charge in [0, 0.05) is 35.1 Å². The molecular weight excluding hydrogens is 531 g/mol. The predicted molar refractivity (Wildman–Crippen MR) is 149 cm³/mol. The van der Waals surface area contributed by atoms with E-state index in [0.29, 0.717) is 56.8 Å². The number of rotatable bonds is 4. The van der Waals surface area contributed by atoms with Crippen molar-refractivity contribution in [3.8, 4) is 0 Å². The third-order valence-corrected chi connectivity index (χ3v) is 9.32. The maximum atomic E-state index is 13.3. The fourth-order valence-electron chi connectivity index (χ4n) is 7.41. The number of amides is 2. The van der Waals surface area contributed by atoms with Gasteiger partial charge in [0.05, 0.1) is 18.5 Å². The molecule has 41 heavy (non-hydrogen) atoms. The molecule has 4 heterocycles. The van der Waals surface area contributed by atoms with E-state index in [1.54, 1.807) is 6.20 Å². The van der Waals surface area contributed by atoms with Crippen molar-refractivity contribution in [1.29, 1.82) is 0 Å². The molecule has 0 bridgehead atoms. The molecule has 3 aromatic rings. The van der Waals surface area contributed by atoms with Crippen molar-refractivity contribution in [2.45, 2.75) is 42.7 Å². The highest BCUT2D eigenvalue weighted by Crippen LogP contribution is 2.48. The van der Waals surface area contributed by atoms with E-state index in [4.69, 9.17) is 0 Å². The molecule has 7 rings (SSSR count). The van der Waals surface area contributed by atoms with Gasteiger partial charge in [-0.15, -0.1) is 0 Å². The van der Waals surface area contributed by atoms with Gasteiger partial charge in [0.2, 0.25) is 11.8 Å². The Hall–Kier alpha value is -3.92. The molecule has 7 nitrogen and oxygen atoms in total. The number of carbonyl (C=O) groups is 2. The SMILES string of the molecule is O=C(CN1CC2(CCN(CC(F)(F)F)CC2)c2ccccc21)Nc1ccc2c(c1)CC1(C2)C(=O)Nc2ncccc21. The normalized spacial score (nSPS) is 22.5. The van der Waals surface area contributed by atoms with Gasteiger partial charge in [0.15, 0.2) is 0 Å². The zero-order valence-corrected chi connectivity index (χ0v) is 22.4. The average Bonchev–Trinajstić information content (AvgIpc) is 3.55. The molecule has 1 aliphatic carbocycles. The van der Waals surface area contributed by atoms with Gasteiger partial charge in [-0.1, -0.05) is 30.3 Å². The van der Waals surface area contributed by atoms with Crippen LogP contribution in [0.25, 0.3) is 0 Å². The molecule has 4 aliphatic rings. The smallest absolute Gasteiger partial charge is 0.361 e. The number of para-hydroxylation sites is 1. The lowest BCUT2D eigenvalue weighted by molar-refractivity contribution is -0.149. The number of pyridine rings is 1. The number of fused-ring (bicyclic) bond motifs is 5. The van der Waals surface area contributed by atoms with Crippen LogP contribution in [0, 0.1) is 0 Å². The summed E-state index contributed by atoms with van der Waals surface area (Å²) in [6, 6.07) is 17.6. The van der Waals surface area contributed by atoms with Crippen molar-refractivity contribution in [2.24, 2.45) is 0 Å². The molecule has 2 spiro atoms. The van der Waals surface area contributed by atoms with Crippen LogP contribution >= 0.6 is 0 Å². The van der Waals surface area contributed by atoms with Gasteiger partial charge >= 0.3 is 6.18 Å². The maximum absolute atomic E-state index is 13.3. The minimum Gasteiger partial charge on any atom is -0.361 e. The largest absolute Gasteiger partial charge is 0.401 e. The van der Waals surface area contributed by atoms with Crippen molar-refractivity contribution in [3.63, 3.8) is 0 Å². The number of benzene rings is 2. The second-order valence-corrected chi connectivity index (χ2v) is 11.9. The molecule has 0 saturated carbocycles. The quantitative estimate of drug-likeness (QED) is 0.493. The van der Waals surface area contributed by atoms with Crippen molar-refractivity contribution in [2.75, 3.05) is 48.3 Å². The average molecular weight is 562 g/mol. The summed E-state index contributed by atoms with van der Waals surface area (Å²) in [4.78, 5) is 34.1. The minimum absolute atomic E-state index is 0.0427. The second kappa shape index (κ2) is 9.30. The maximum Gasteiger partial charge on any atom is 0.401 e. The van der Waals surface area contributed by atoms with Crippen LogP contribution in [0.3, 0.4) is 0 Å². The first-order valence-electron chi connectivity index (χ1n) is 14.0. The molecule has 1 aromatic heterocycles. The van der Waals surface area contributed by atoms with E-state index in [1.807, 2.05) is 48.5 Å². The van der Waals surface area contributed by atoms with Crippen LogP contribution in [-0.2, 0) is 33.3 Å². The molecule has 212 valence electrons. The van der Waals surface area contributed by atoms with Crippen LogP contribution < -0.4 is 15.5 Å². The molecule has 3 aliphatic heterocycles. The molecule has 10 heteroatoms. The van der Waals surface area contributed by atoms with Gasteiger partial charge in [-0.2, -0.15) is 13.2 Å². The van der Waals surface area contributed by atoms with E-state index < -0.39 is 18.1 Å². The number of nitrogens with one attached hydrogen (secondary N) is 2. The minimum atomic E-state index is -4.20. The number of aromatic nitrogens is 1. The summed E-state index contributed by atoms with van der Waals surface area (Å²) < 4.78 is 38.8. The monoisotopic (exact) mass is 561 g/mol. The third kappa shape index (κ3) is 4.45. The zero-order chi connectivity index (χ0) is 28.4. The summed E-state index contributed by atoms with van der Waals surface area (Å²) in [5, 5.41) is 5.96. The fraction of sp³-hybridized carbons (Fsp3) is 0.387. The summed E-state index contributed by atoms with van der Waals surface area (Å²) in [5.74, 6) is 0.416. The highest BCUT2D eigenvalue weighted by atomic mass is 19.4. The van der Waals surface area contributed by atoms with E-state index in [9.17, 15) is 22.8 Å². The Kier molecular flexibility index (Phi) is 5.90. The van der Waals surface area contributed by atoms with Crippen LogP contribution in [0.15, 0.2) is 60.8 Å². The Morgan fingerprint density at radius 1 is 1.00 bits per heavy atom.